The summed E-state index contributed by atoms with van der Waals surface area (Å²) in [6.45, 7) is 0. The molecular formula is C10H11N3. The van der Waals surface area contributed by atoms with Crippen molar-refractivity contribution in [2.45, 2.75) is 18.9 Å². The van der Waals surface area contributed by atoms with Crippen LogP contribution < -0.4 is 5.32 Å². The molecule has 1 aliphatic carbocycles. The Bertz CT molecular complexity index is 428. The first-order chi connectivity index (χ1) is 6.43. The van der Waals surface area contributed by atoms with Gasteiger partial charge in [-0.2, -0.15) is 0 Å². The first kappa shape index (κ1) is 6.95. The number of pyridine rings is 1. The van der Waals surface area contributed by atoms with Crippen molar-refractivity contribution < 1.29 is 0 Å². The monoisotopic (exact) mass is 173 g/mol. The van der Waals surface area contributed by atoms with Gasteiger partial charge in [-0.3, -0.25) is 0 Å². The van der Waals surface area contributed by atoms with Gasteiger partial charge in [0.05, 0.1) is 5.52 Å². The lowest BCUT2D eigenvalue weighted by molar-refractivity contribution is 1.13. The van der Waals surface area contributed by atoms with Crippen LogP contribution in [0.1, 0.15) is 12.8 Å². The minimum atomic E-state index is 0.666. The van der Waals surface area contributed by atoms with Gasteiger partial charge in [0.2, 0.25) is 0 Å². The number of nitrogens with one attached hydrogen (secondary N) is 1. The van der Waals surface area contributed by atoms with E-state index in [9.17, 15) is 0 Å². The SMILES string of the molecule is c1ccn2cnc(NC3CC3)c2c1. The number of hydrogen-bond donors (Lipinski definition) is 1. The molecule has 0 aromatic carbocycles. The summed E-state index contributed by atoms with van der Waals surface area (Å²) in [4.78, 5) is 4.33. The van der Waals surface area contributed by atoms with Crippen LogP contribution in [-0.4, -0.2) is 15.4 Å². The summed E-state index contributed by atoms with van der Waals surface area (Å²) in [5.41, 5.74) is 1.16. The highest BCUT2D eigenvalue weighted by Crippen LogP contribution is 2.25. The van der Waals surface area contributed by atoms with Crippen LogP contribution in [0, 0.1) is 0 Å². The van der Waals surface area contributed by atoms with Crippen LogP contribution in [0.4, 0.5) is 5.82 Å². The molecule has 0 atom stereocenters. The van der Waals surface area contributed by atoms with Gasteiger partial charge < -0.3 is 9.72 Å². The van der Waals surface area contributed by atoms with Crippen LogP contribution in [0.3, 0.4) is 0 Å². The Morgan fingerprint density at radius 1 is 1.38 bits per heavy atom. The van der Waals surface area contributed by atoms with Crippen molar-refractivity contribution in [3.05, 3.63) is 30.7 Å². The zero-order chi connectivity index (χ0) is 8.67. The molecule has 1 saturated carbocycles. The number of hydrogen-bond acceptors (Lipinski definition) is 2. The summed E-state index contributed by atoms with van der Waals surface area (Å²) in [7, 11) is 0. The molecule has 3 nitrogen and oxygen atoms in total. The summed E-state index contributed by atoms with van der Waals surface area (Å²) in [5, 5.41) is 3.41. The molecular weight excluding hydrogens is 162 g/mol. The van der Waals surface area contributed by atoms with E-state index in [1.807, 2.05) is 29.1 Å². The Hall–Kier alpha value is -1.51. The lowest BCUT2D eigenvalue weighted by atomic mass is 10.4. The molecule has 0 bridgehead atoms. The predicted octanol–water partition coefficient (Wildman–Crippen LogP) is 1.91. The lowest BCUT2D eigenvalue weighted by Crippen LogP contribution is -2.01. The highest BCUT2D eigenvalue weighted by atomic mass is 15.1. The molecule has 13 heavy (non-hydrogen) atoms. The largest absolute Gasteiger partial charge is 0.366 e. The van der Waals surface area contributed by atoms with Gasteiger partial charge in [0.15, 0.2) is 5.82 Å². The van der Waals surface area contributed by atoms with E-state index < -0.39 is 0 Å². The maximum atomic E-state index is 4.33. The third-order valence-electron chi connectivity index (χ3n) is 2.36. The van der Waals surface area contributed by atoms with Crippen LogP contribution >= 0.6 is 0 Å². The van der Waals surface area contributed by atoms with Crippen molar-refractivity contribution in [3.8, 4) is 0 Å². The Balaban J connectivity index is 2.06. The zero-order valence-corrected chi connectivity index (χ0v) is 7.27. The minimum absolute atomic E-state index is 0.666. The molecule has 2 heterocycles. The second-order valence-electron chi connectivity index (χ2n) is 3.50. The van der Waals surface area contributed by atoms with Gasteiger partial charge in [0.25, 0.3) is 0 Å². The topological polar surface area (TPSA) is 29.3 Å². The van der Waals surface area contributed by atoms with Gasteiger partial charge in [0.1, 0.15) is 6.33 Å². The quantitative estimate of drug-likeness (QED) is 0.751. The molecule has 66 valence electrons. The van der Waals surface area contributed by atoms with Gasteiger partial charge in [-0.1, -0.05) is 6.07 Å². The average molecular weight is 173 g/mol. The van der Waals surface area contributed by atoms with E-state index in [0.29, 0.717) is 6.04 Å². The van der Waals surface area contributed by atoms with E-state index >= 15 is 0 Å². The molecule has 0 saturated heterocycles. The maximum Gasteiger partial charge on any atom is 0.152 e. The number of rotatable bonds is 2. The van der Waals surface area contributed by atoms with Gasteiger partial charge in [-0.25, -0.2) is 4.98 Å². The van der Waals surface area contributed by atoms with Crippen LogP contribution in [0.25, 0.3) is 5.52 Å². The fourth-order valence-electron chi connectivity index (χ4n) is 1.48. The van der Waals surface area contributed by atoms with Crippen molar-refractivity contribution in [2.75, 3.05) is 5.32 Å². The lowest BCUT2D eigenvalue weighted by Gasteiger charge is -1.99. The second kappa shape index (κ2) is 2.49. The smallest absolute Gasteiger partial charge is 0.152 e. The van der Waals surface area contributed by atoms with Crippen LogP contribution in [-0.2, 0) is 0 Å². The van der Waals surface area contributed by atoms with Crippen molar-refractivity contribution in [3.63, 3.8) is 0 Å². The van der Waals surface area contributed by atoms with E-state index in [4.69, 9.17) is 0 Å². The van der Waals surface area contributed by atoms with E-state index in [1.165, 1.54) is 12.8 Å². The Labute approximate surface area is 76.4 Å². The number of fused-ring (bicyclic) bond motifs is 1. The van der Waals surface area contributed by atoms with Crippen LogP contribution in [0.2, 0.25) is 0 Å². The molecule has 2 aromatic rings. The molecule has 0 spiro atoms. The summed E-state index contributed by atoms with van der Waals surface area (Å²) >= 11 is 0. The van der Waals surface area contributed by atoms with Crippen LogP contribution in [0.15, 0.2) is 30.7 Å². The molecule has 1 aliphatic rings. The molecule has 0 aliphatic heterocycles. The van der Waals surface area contributed by atoms with E-state index in [1.54, 1.807) is 0 Å². The predicted molar refractivity (Wildman–Crippen MR) is 51.8 cm³/mol. The molecule has 3 rings (SSSR count). The van der Waals surface area contributed by atoms with Crippen molar-refractivity contribution in [1.82, 2.24) is 9.38 Å². The van der Waals surface area contributed by atoms with Gasteiger partial charge in [-0.05, 0) is 25.0 Å². The highest BCUT2D eigenvalue weighted by molar-refractivity contribution is 5.68. The third-order valence-corrected chi connectivity index (χ3v) is 2.36. The summed E-state index contributed by atoms with van der Waals surface area (Å²) in [5.74, 6) is 1.02. The molecule has 0 unspecified atom stereocenters. The van der Waals surface area contributed by atoms with Crippen molar-refractivity contribution in [1.29, 1.82) is 0 Å². The fourth-order valence-corrected chi connectivity index (χ4v) is 1.48. The standard InChI is InChI=1S/C10H11N3/c1-2-6-13-7-11-10(9(13)3-1)12-8-4-5-8/h1-3,6-8,12H,4-5H2. The van der Waals surface area contributed by atoms with E-state index in [0.717, 1.165) is 11.3 Å². The molecule has 0 amide bonds. The molecule has 1 fully saturated rings. The number of imidazole rings is 1. The normalized spacial score (nSPS) is 16.3. The molecule has 2 aromatic heterocycles. The summed E-state index contributed by atoms with van der Waals surface area (Å²) < 4.78 is 2.03. The molecule has 1 N–H and O–H groups in total. The van der Waals surface area contributed by atoms with Crippen molar-refractivity contribution in [2.24, 2.45) is 0 Å². The molecule has 3 heteroatoms. The van der Waals surface area contributed by atoms with Crippen molar-refractivity contribution >= 4 is 11.3 Å². The first-order valence-corrected chi connectivity index (χ1v) is 4.62. The average Bonchev–Trinajstić information content (AvgIpc) is 2.88. The van der Waals surface area contributed by atoms with E-state index in [-0.39, 0.29) is 0 Å². The third kappa shape index (κ3) is 1.16. The fraction of sp³-hybridized carbons (Fsp3) is 0.300. The first-order valence-electron chi connectivity index (χ1n) is 4.62. The Morgan fingerprint density at radius 3 is 3.15 bits per heavy atom. The Morgan fingerprint density at radius 2 is 2.31 bits per heavy atom. The zero-order valence-electron chi connectivity index (χ0n) is 7.27. The number of anilines is 1. The van der Waals surface area contributed by atoms with E-state index in [2.05, 4.69) is 16.4 Å². The number of nitrogens with zero attached hydrogens (tertiary/aromatic N) is 2. The van der Waals surface area contributed by atoms with Gasteiger partial charge in [0, 0.05) is 12.2 Å². The molecule has 0 radical (unpaired) electrons. The summed E-state index contributed by atoms with van der Waals surface area (Å²) in [6.07, 6.45) is 6.43. The van der Waals surface area contributed by atoms with Gasteiger partial charge in [-0.15, -0.1) is 0 Å². The maximum absolute atomic E-state index is 4.33. The van der Waals surface area contributed by atoms with Gasteiger partial charge >= 0.3 is 0 Å². The van der Waals surface area contributed by atoms with Crippen LogP contribution in [0.5, 0.6) is 0 Å². The second-order valence-corrected chi connectivity index (χ2v) is 3.50. The summed E-state index contributed by atoms with van der Waals surface area (Å²) in [6, 6.07) is 6.79. The number of aromatic nitrogens is 2. The minimum Gasteiger partial charge on any atom is -0.366 e. The Kier molecular flexibility index (Phi) is 1.33. The highest BCUT2D eigenvalue weighted by Gasteiger charge is 2.22.